The topological polar surface area (TPSA) is 58.4 Å². The molecule has 2 unspecified atom stereocenters. The van der Waals surface area contributed by atoms with Crippen molar-refractivity contribution in [3.63, 3.8) is 0 Å². The molecule has 2 aliphatic rings. The summed E-state index contributed by atoms with van der Waals surface area (Å²) in [6, 6.07) is 4.94. The number of nitrogens with one attached hydrogen (secondary N) is 1. The zero-order chi connectivity index (χ0) is 15.8. The lowest BCUT2D eigenvalue weighted by molar-refractivity contribution is -0.130. The van der Waals surface area contributed by atoms with Gasteiger partial charge in [-0.2, -0.15) is 0 Å². The number of aromatic nitrogens is 1. The Morgan fingerprint density at radius 2 is 2.12 bits per heavy atom. The van der Waals surface area contributed by atoms with E-state index in [0.717, 1.165) is 41.7 Å². The van der Waals surface area contributed by atoms with Crippen molar-refractivity contribution >= 4 is 42.1 Å². The van der Waals surface area contributed by atoms with Crippen molar-refractivity contribution in [2.45, 2.75) is 44.7 Å². The molecule has 0 radical (unpaired) electrons. The van der Waals surface area contributed by atoms with Crippen LogP contribution in [0.1, 0.15) is 30.7 Å². The van der Waals surface area contributed by atoms with Gasteiger partial charge < -0.3 is 14.6 Å². The average Bonchev–Trinajstić information content (AvgIpc) is 3.20. The molecular formula is C17H23Cl2N3O2S. The minimum absolute atomic E-state index is 0. The summed E-state index contributed by atoms with van der Waals surface area (Å²) in [5.41, 5.74) is 0.839. The van der Waals surface area contributed by atoms with Crippen LogP contribution in [0.25, 0.3) is 10.8 Å². The lowest BCUT2D eigenvalue weighted by Gasteiger charge is -2.24. The lowest BCUT2D eigenvalue weighted by Crippen LogP contribution is -2.39. The second-order valence-corrected chi connectivity index (χ2v) is 7.36. The minimum Gasteiger partial charge on any atom is -0.459 e. The van der Waals surface area contributed by atoms with Gasteiger partial charge in [-0.15, -0.1) is 36.2 Å². The van der Waals surface area contributed by atoms with E-state index in [1.807, 2.05) is 29.3 Å². The fraction of sp³-hybridized carbons (Fsp3) is 0.529. The SMILES string of the molecule is Cc1ccc(-c2nc(CC(=O)N3CCC4CCC(C3)N4)cs2)o1.Cl.Cl. The number of carbonyl (C=O) groups is 1. The van der Waals surface area contributed by atoms with E-state index in [1.165, 1.54) is 24.2 Å². The zero-order valence-corrected chi connectivity index (χ0v) is 16.5. The summed E-state index contributed by atoms with van der Waals surface area (Å²) >= 11 is 1.53. The molecule has 0 saturated carbocycles. The van der Waals surface area contributed by atoms with Gasteiger partial charge in [0.1, 0.15) is 5.76 Å². The first kappa shape index (κ1) is 20.2. The van der Waals surface area contributed by atoms with E-state index >= 15 is 0 Å². The van der Waals surface area contributed by atoms with Crippen molar-refractivity contribution in [1.29, 1.82) is 0 Å². The second-order valence-electron chi connectivity index (χ2n) is 6.50. The number of thiazole rings is 1. The van der Waals surface area contributed by atoms with E-state index in [2.05, 4.69) is 10.3 Å². The Morgan fingerprint density at radius 3 is 2.88 bits per heavy atom. The van der Waals surface area contributed by atoms with Crippen LogP contribution in [0.5, 0.6) is 0 Å². The van der Waals surface area contributed by atoms with Gasteiger partial charge in [-0.1, -0.05) is 0 Å². The lowest BCUT2D eigenvalue weighted by atomic mass is 10.1. The number of halogens is 2. The van der Waals surface area contributed by atoms with Gasteiger partial charge in [0.15, 0.2) is 10.8 Å². The average molecular weight is 404 g/mol. The third kappa shape index (κ3) is 4.56. The zero-order valence-electron chi connectivity index (χ0n) is 14.1. The first-order valence-electron chi connectivity index (χ1n) is 8.22. The first-order valence-corrected chi connectivity index (χ1v) is 9.10. The summed E-state index contributed by atoms with van der Waals surface area (Å²) in [7, 11) is 0. The number of likely N-dealkylation sites (tertiary alicyclic amines) is 1. The van der Waals surface area contributed by atoms with Gasteiger partial charge in [0.05, 0.1) is 12.1 Å². The maximum Gasteiger partial charge on any atom is 0.228 e. The molecule has 2 aromatic rings. The molecule has 8 heteroatoms. The van der Waals surface area contributed by atoms with Gasteiger partial charge in [0.25, 0.3) is 0 Å². The van der Waals surface area contributed by atoms with Crippen LogP contribution in [0, 0.1) is 6.92 Å². The van der Waals surface area contributed by atoms with Gasteiger partial charge in [-0.3, -0.25) is 4.79 Å². The number of amides is 1. The summed E-state index contributed by atoms with van der Waals surface area (Å²) in [5.74, 6) is 1.84. The molecule has 2 fully saturated rings. The van der Waals surface area contributed by atoms with Crippen molar-refractivity contribution in [1.82, 2.24) is 15.2 Å². The van der Waals surface area contributed by atoms with Crippen LogP contribution in [-0.4, -0.2) is 41.0 Å². The van der Waals surface area contributed by atoms with E-state index in [9.17, 15) is 4.79 Å². The second kappa shape index (κ2) is 8.54. The largest absolute Gasteiger partial charge is 0.459 e. The summed E-state index contributed by atoms with van der Waals surface area (Å²) in [4.78, 5) is 19.2. The molecule has 2 aliphatic heterocycles. The smallest absolute Gasteiger partial charge is 0.228 e. The molecule has 2 saturated heterocycles. The molecule has 0 aromatic carbocycles. The molecule has 2 aromatic heterocycles. The van der Waals surface area contributed by atoms with E-state index in [4.69, 9.17) is 4.42 Å². The highest BCUT2D eigenvalue weighted by Crippen LogP contribution is 2.26. The first-order chi connectivity index (χ1) is 11.2. The normalized spacial score (nSPS) is 22.0. The highest BCUT2D eigenvalue weighted by atomic mass is 35.5. The van der Waals surface area contributed by atoms with Crippen LogP contribution in [0.3, 0.4) is 0 Å². The Bertz CT molecular complexity index is 718. The van der Waals surface area contributed by atoms with Gasteiger partial charge in [0.2, 0.25) is 5.91 Å². The van der Waals surface area contributed by atoms with Gasteiger partial charge in [-0.05, 0) is 38.3 Å². The van der Waals surface area contributed by atoms with Crippen molar-refractivity contribution in [3.05, 3.63) is 29.0 Å². The van der Waals surface area contributed by atoms with E-state index in [1.54, 1.807) is 0 Å². The highest BCUT2D eigenvalue weighted by Gasteiger charge is 2.31. The minimum atomic E-state index is 0. The van der Waals surface area contributed by atoms with Crippen molar-refractivity contribution in [2.75, 3.05) is 13.1 Å². The molecule has 2 atom stereocenters. The standard InChI is InChI=1S/C17H21N3O2S.2ClH/c1-11-2-5-15(22-11)17-19-14(10-23-17)8-16(21)20-7-6-12-3-4-13(9-20)18-12;;/h2,5,10,12-13,18H,3-4,6-9H2,1H3;2*1H. The summed E-state index contributed by atoms with van der Waals surface area (Å²) in [6.45, 7) is 3.62. The van der Waals surface area contributed by atoms with Crippen molar-refractivity contribution in [3.8, 4) is 10.8 Å². The van der Waals surface area contributed by atoms with E-state index < -0.39 is 0 Å². The Balaban J connectivity index is 0.00000113. The van der Waals surface area contributed by atoms with Crippen LogP contribution in [0.2, 0.25) is 0 Å². The van der Waals surface area contributed by atoms with Crippen LogP contribution < -0.4 is 5.32 Å². The maximum absolute atomic E-state index is 12.6. The Hall–Kier alpha value is -1.08. The van der Waals surface area contributed by atoms with E-state index in [-0.39, 0.29) is 30.7 Å². The maximum atomic E-state index is 12.6. The Kier molecular flexibility index (Phi) is 6.91. The van der Waals surface area contributed by atoms with Crippen LogP contribution in [0.15, 0.2) is 21.9 Å². The van der Waals surface area contributed by atoms with Crippen LogP contribution in [-0.2, 0) is 11.2 Å². The monoisotopic (exact) mass is 403 g/mol. The predicted molar refractivity (Wildman–Crippen MR) is 104 cm³/mol. The van der Waals surface area contributed by atoms with Crippen molar-refractivity contribution in [2.24, 2.45) is 0 Å². The Morgan fingerprint density at radius 1 is 1.32 bits per heavy atom. The Labute approximate surface area is 164 Å². The van der Waals surface area contributed by atoms with Gasteiger partial charge in [0, 0.05) is 30.6 Å². The summed E-state index contributed by atoms with van der Waals surface area (Å²) in [6.07, 6.45) is 3.89. The fourth-order valence-corrected chi connectivity index (χ4v) is 4.27. The molecule has 1 amide bonds. The molecule has 0 spiro atoms. The number of fused-ring (bicyclic) bond motifs is 2. The van der Waals surface area contributed by atoms with Crippen LogP contribution in [0.4, 0.5) is 0 Å². The quantitative estimate of drug-likeness (QED) is 0.852. The highest BCUT2D eigenvalue weighted by molar-refractivity contribution is 7.13. The number of nitrogens with zero attached hydrogens (tertiary/aromatic N) is 2. The molecular weight excluding hydrogens is 381 g/mol. The molecule has 0 aliphatic carbocycles. The number of furan rings is 1. The molecule has 2 bridgehead atoms. The van der Waals surface area contributed by atoms with Gasteiger partial charge in [-0.25, -0.2) is 4.98 Å². The fourth-order valence-electron chi connectivity index (χ4n) is 3.49. The third-order valence-electron chi connectivity index (χ3n) is 4.71. The number of aryl methyl sites for hydroxylation is 1. The van der Waals surface area contributed by atoms with Gasteiger partial charge >= 0.3 is 0 Å². The summed E-state index contributed by atoms with van der Waals surface area (Å²) < 4.78 is 5.60. The molecule has 25 heavy (non-hydrogen) atoms. The molecule has 5 nitrogen and oxygen atoms in total. The predicted octanol–water partition coefficient (Wildman–Crippen LogP) is 3.45. The molecule has 1 N–H and O–H groups in total. The number of carbonyl (C=O) groups excluding carboxylic acids is 1. The summed E-state index contributed by atoms with van der Waals surface area (Å²) in [5, 5.41) is 6.42. The molecule has 4 rings (SSSR count). The third-order valence-corrected chi connectivity index (χ3v) is 5.62. The number of hydrogen-bond acceptors (Lipinski definition) is 5. The van der Waals surface area contributed by atoms with E-state index in [0.29, 0.717) is 18.5 Å². The van der Waals surface area contributed by atoms with Crippen LogP contribution >= 0.6 is 36.2 Å². The molecule has 4 heterocycles. The molecule has 138 valence electrons. The number of rotatable bonds is 3. The number of hydrogen-bond donors (Lipinski definition) is 1. The van der Waals surface area contributed by atoms with Crippen molar-refractivity contribution < 1.29 is 9.21 Å².